The maximum atomic E-state index is 14.3. The second-order valence-electron chi connectivity index (χ2n) is 9.97. The maximum Gasteiger partial charge on any atom is 0.264 e. The number of ether oxygens (including phenoxy) is 1. The van der Waals surface area contributed by atoms with Crippen LogP contribution in [0.4, 0.5) is 14.5 Å². The number of hydrogen-bond acceptors (Lipinski definition) is 8. The number of aliphatic hydroxyl groups is 2. The number of halogens is 2. The number of anilines is 1. The van der Waals surface area contributed by atoms with Gasteiger partial charge in [0.1, 0.15) is 22.2 Å². The number of sulfonamides is 1. The van der Waals surface area contributed by atoms with Crippen LogP contribution in [-0.2, 0) is 16.6 Å². The van der Waals surface area contributed by atoms with Crippen molar-refractivity contribution < 1.29 is 32.1 Å². The molecule has 0 fully saturated rings. The lowest BCUT2D eigenvalue weighted by molar-refractivity contribution is 0.156. The van der Waals surface area contributed by atoms with E-state index in [1.807, 2.05) is 53.4 Å². The Morgan fingerprint density at radius 3 is 2.27 bits per heavy atom. The van der Waals surface area contributed by atoms with Crippen LogP contribution >= 0.6 is 0 Å². The molecule has 0 saturated heterocycles. The summed E-state index contributed by atoms with van der Waals surface area (Å²) >= 11 is 0. The molecule has 2 heterocycles. The van der Waals surface area contributed by atoms with E-state index < -0.39 is 26.6 Å². The molecule has 228 valence electrons. The summed E-state index contributed by atoms with van der Waals surface area (Å²) in [4.78, 5) is 10.0. The van der Waals surface area contributed by atoms with E-state index in [9.17, 15) is 27.4 Å². The van der Waals surface area contributed by atoms with E-state index in [0.29, 0.717) is 31.3 Å². The number of nitrogens with zero attached hydrogens (tertiary/aromatic N) is 3. The molecule has 0 unspecified atom stereocenters. The predicted octanol–water partition coefficient (Wildman–Crippen LogP) is 4.84. The van der Waals surface area contributed by atoms with Gasteiger partial charge in [0.2, 0.25) is 5.88 Å². The van der Waals surface area contributed by atoms with Crippen LogP contribution in [0.25, 0.3) is 33.2 Å². The molecule has 0 spiro atoms. The van der Waals surface area contributed by atoms with Crippen LogP contribution in [-0.4, -0.2) is 66.9 Å². The molecule has 3 aromatic carbocycles. The van der Waals surface area contributed by atoms with E-state index in [1.165, 1.54) is 19.4 Å². The average Bonchev–Trinajstić information content (AvgIpc) is 3.01. The summed E-state index contributed by atoms with van der Waals surface area (Å²) in [6, 6.07) is 19.3. The van der Waals surface area contributed by atoms with Gasteiger partial charge < -0.3 is 14.9 Å². The van der Waals surface area contributed by atoms with Gasteiger partial charge in [-0.25, -0.2) is 22.2 Å². The highest BCUT2D eigenvalue weighted by Crippen LogP contribution is 2.34. The van der Waals surface area contributed by atoms with Crippen LogP contribution < -0.4 is 9.46 Å². The van der Waals surface area contributed by atoms with Crippen molar-refractivity contribution in [1.29, 1.82) is 0 Å². The van der Waals surface area contributed by atoms with Crippen molar-refractivity contribution in [3.8, 4) is 28.1 Å². The molecule has 9 nitrogen and oxygen atoms in total. The highest BCUT2D eigenvalue weighted by Gasteiger charge is 2.22. The Balaban J connectivity index is 1.48. The third-order valence-electron chi connectivity index (χ3n) is 7.05. The Labute approximate surface area is 253 Å². The lowest BCUT2D eigenvalue weighted by Crippen LogP contribution is -2.29. The quantitative estimate of drug-likeness (QED) is 0.181. The lowest BCUT2D eigenvalue weighted by atomic mass is 9.97. The minimum Gasteiger partial charge on any atom is -0.480 e. The van der Waals surface area contributed by atoms with E-state index in [0.717, 1.165) is 45.3 Å². The van der Waals surface area contributed by atoms with Crippen LogP contribution in [0.2, 0.25) is 0 Å². The van der Waals surface area contributed by atoms with Crippen molar-refractivity contribution in [3.63, 3.8) is 0 Å². The number of fused-ring (bicyclic) bond motifs is 1. The van der Waals surface area contributed by atoms with Crippen molar-refractivity contribution in [2.45, 2.75) is 11.4 Å². The van der Waals surface area contributed by atoms with E-state index in [4.69, 9.17) is 4.74 Å². The summed E-state index contributed by atoms with van der Waals surface area (Å²) in [6.07, 6.45) is 3.26. The van der Waals surface area contributed by atoms with Gasteiger partial charge in [0.25, 0.3) is 10.0 Å². The normalized spacial score (nSPS) is 11.7. The maximum absolute atomic E-state index is 14.3. The van der Waals surface area contributed by atoms with Gasteiger partial charge in [-0.3, -0.25) is 14.6 Å². The third kappa shape index (κ3) is 6.84. The molecule has 0 aliphatic heterocycles. The Bertz CT molecular complexity index is 1880. The molecule has 0 radical (unpaired) electrons. The molecular weight excluding hydrogens is 590 g/mol. The topological polar surface area (TPSA) is 125 Å². The van der Waals surface area contributed by atoms with Crippen molar-refractivity contribution in [1.82, 2.24) is 14.9 Å². The number of rotatable bonds is 12. The zero-order chi connectivity index (χ0) is 31.3. The van der Waals surface area contributed by atoms with Gasteiger partial charge in [-0.15, -0.1) is 0 Å². The summed E-state index contributed by atoms with van der Waals surface area (Å²) in [7, 11) is -3.11. The molecule has 2 aromatic heterocycles. The molecule has 0 saturated carbocycles. The predicted molar refractivity (Wildman–Crippen MR) is 164 cm³/mol. The first-order chi connectivity index (χ1) is 21.2. The van der Waals surface area contributed by atoms with Crippen LogP contribution in [0.3, 0.4) is 0 Å². The molecule has 0 amide bonds. The molecule has 12 heteroatoms. The Hall–Kier alpha value is -4.49. The molecular formula is C32H30F2N4O5S. The van der Waals surface area contributed by atoms with E-state index >= 15 is 0 Å². The molecule has 5 aromatic rings. The molecule has 44 heavy (non-hydrogen) atoms. The summed E-state index contributed by atoms with van der Waals surface area (Å²) in [6.45, 7) is 1.53. The standard InChI is InChI=1S/C32H30F2N4O5S/c1-43-32-30(37-44(41,42)31-9-7-25(33)18-28(31)34)17-24(19-36-32)23-6-8-29-27(16-23)26(10-11-35-29)22-4-2-21(3-5-22)20-38(12-14-39)13-15-40/h2-11,16-19,37,39-40H,12-15,20H2,1H3. The number of aromatic nitrogens is 2. The van der Waals surface area contributed by atoms with Crippen molar-refractivity contribution >= 4 is 26.6 Å². The fourth-order valence-electron chi connectivity index (χ4n) is 4.92. The second kappa shape index (κ2) is 13.4. The first-order valence-electron chi connectivity index (χ1n) is 13.7. The van der Waals surface area contributed by atoms with Gasteiger partial charge in [-0.1, -0.05) is 30.3 Å². The Morgan fingerprint density at radius 2 is 1.59 bits per heavy atom. The van der Waals surface area contributed by atoms with Crippen LogP contribution in [0.1, 0.15) is 5.56 Å². The highest BCUT2D eigenvalue weighted by molar-refractivity contribution is 7.92. The van der Waals surface area contributed by atoms with Crippen molar-refractivity contribution in [2.75, 3.05) is 38.1 Å². The number of hydrogen-bond donors (Lipinski definition) is 3. The van der Waals surface area contributed by atoms with E-state index in [1.54, 1.807) is 6.20 Å². The van der Waals surface area contributed by atoms with Crippen LogP contribution in [0, 0.1) is 11.6 Å². The summed E-state index contributed by atoms with van der Waals surface area (Å²) in [5.41, 5.74) is 4.93. The van der Waals surface area contributed by atoms with Gasteiger partial charge in [-0.05, 0) is 58.7 Å². The van der Waals surface area contributed by atoms with Gasteiger partial charge in [0, 0.05) is 49.0 Å². The van der Waals surface area contributed by atoms with Gasteiger partial charge in [-0.2, -0.15) is 0 Å². The van der Waals surface area contributed by atoms with Crippen LogP contribution in [0.5, 0.6) is 5.88 Å². The monoisotopic (exact) mass is 620 g/mol. The lowest BCUT2D eigenvalue weighted by Gasteiger charge is -2.20. The molecule has 0 atom stereocenters. The van der Waals surface area contributed by atoms with E-state index in [-0.39, 0.29) is 24.8 Å². The first-order valence-corrected chi connectivity index (χ1v) is 15.1. The number of methoxy groups -OCH3 is 1. The summed E-state index contributed by atoms with van der Waals surface area (Å²) in [5.74, 6) is -2.15. The number of benzene rings is 3. The van der Waals surface area contributed by atoms with Crippen LogP contribution in [0.15, 0.2) is 90.1 Å². The number of pyridine rings is 2. The zero-order valence-electron chi connectivity index (χ0n) is 23.7. The fraction of sp³-hybridized carbons (Fsp3) is 0.188. The van der Waals surface area contributed by atoms with Gasteiger partial charge >= 0.3 is 0 Å². The summed E-state index contributed by atoms with van der Waals surface area (Å²) in [5, 5.41) is 19.5. The Kier molecular flexibility index (Phi) is 9.45. The summed E-state index contributed by atoms with van der Waals surface area (Å²) < 4.78 is 61.2. The Morgan fingerprint density at radius 1 is 0.864 bits per heavy atom. The minimum absolute atomic E-state index is 0.00725. The molecule has 5 rings (SSSR count). The number of aliphatic hydroxyl groups excluding tert-OH is 2. The van der Waals surface area contributed by atoms with Crippen molar-refractivity contribution in [3.05, 3.63) is 102 Å². The molecule has 0 aliphatic carbocycles. The third-order valence-corrected chi connectivity index (χ3v) is 8.45. The largest absolute Gasteiger partial charge is 0.480 e. The second-order valence-corrected chi connectivity index (χ2v) is 11.6. The fourth-order valence-corrected chi connectivity index (χ4v) is 6.03. The minimum atomic E-state index is -4.44. The highest BCUT2D eigenvalue weighted by atomic mass is 32.2. The van der Waals surface area contributed by atoms with Crippen molar-refractivity contribution in [2.24, 2.45) is 0 Å². The first kappa shape index (κ1) is 31.0. The number of nitrogens with one attached hydrogen (secondary N) is 1. The van der Waals surface area contributed by atoms with E-state index in [2.05, 4.69) is 14.7 Å². The SMILES string of the molecule is COc1ncc(-c2ccc3nccc(-c4ccc(CN(CCO)CCO)cc4)c3c2)cc1NS(=O)(=O)c1ccc(F)cc1F. The molecule has 0 aliphatic rings. The average molecular weight is 621 g/mol. The zero-order valence-corrected chi connectivity index (χ0v) is 24.6. The molecule has 0 bridgehead atoms. The van der Waals surface area contributed by atoms with Gasteiger partial charge in [0.05, 0.1) is 25.8 Å². The molecule has 3 N–H and O–H groups in total. The van der Waals surface area contributed by atoms with Gasteiger partial charge in [0.15, 0.2) is 0 Å². The smallest absolute Gasteiger partial charge is 0.264 e.